The SMILES string of the molecule is [CH2]CN(CCc1ccc(F)cc1)C(=O)NCCCC. The Balaban J connectivity index is 2.39. The highest BCUT2D eigenvalue weighted by atomic mass is 19.1. The van der Waals surface area contributed by atoms with Crippen molar-refractivity contribution in [3.05, 3.63) is 42.6 Å². The molecule has 0 bridgehead atoms. The summed E-state index contributed by atoms with van der Waals surface area (Å²) in [5.41, 5.74) is 1.02. The zero-order valence-corrected chi connectivity index (χ0v) is 11.5. The normalized spacial score (nSPS) is 10.3. The van der Waals surface area contributed by atoms with Gasteiger partial charge < -0.3 is 10.2 Å². The Bertz CT molecular complexity index is 378. The largest absolute Gasteiger partial charge is 0.338 e. The lowest BCUT2D eigenvalue weighted by molar-refractivity contribution is 0.203. The number of unbranched alkanes of at least 4 members (excludes halogenated alkanes) is 1. The van der Waals surface area contributed by atoms with Gasteiger partial charge in [-0.25, -0.2) is 9.18 Å². The monoisotopic (exact) mass is 265 g/mol. The van der Waals surface area contributed by atoms with E-state index in [1.54, 1.807) is 17.0 Å². The molecule has 4 heteroatoms. The lowest BCUT2D eigenvalue weighted by Crippen LogP contribution is -2.41. The minimum atomic E-state index is -0.241. The van der Waals surface area contributed by atoms with Gasteiger partial charge in [0.15, 0.2) is 0 Å². The Morgan fingerprint density at radius 1 is 1.37 bits per heavy atom. The van der Waals surface area contributed by atoms with Crippen molar-refractivity contribution in [3.8, 4) is 0 Å². The van der Waals surface area contributed by atoms with Gasteiger partial charge in [-0.15, -0.1) is 0 Å². The first-order valence-electron chi connectivity index (χ1n) is 6.73. The van der Waals surface area contributed by atoms with E-state index in [0.29, 0.717) is 26.1 Å². The molecule has 0 saturated carbocycles. The molecule has 1 aromatic rings. The minimum absolute atomic E-state index is 0.0782. The second-order valence-corrected chi connectivity index (χ2v) is 4.45. The van der Waals surface area contributed by atoms with Gasteiger partial charge in [0.25, 0.3) is 0 Å². The average Bonchev–Trinajstić information content (AvgIpc) is 2.42. The van der Waals surface area contributed by atoms with Gasteiger partial charge in [0, 0.05) is 19.6 Å². The van der Waals surface area contributed by atoms with Gasteiger partial charge in [-0.05, 0) is 37.5 Å². The Kier molecular flexibility index (Phi) is 6.93. The fraction of sp³-hybridized carbons (Fsp3) is 0.467. The fourth-order valence-electron chi connectivity index (χ4n) is 1.71. The number of halogens is 1. The topological polar surface area (TPSA) is 32.3 Å². The van der Waals surface area contributed by atoms with E-state index in [4.69, 9.17) is 0 Å². The highest BCUT2D eigenvalue weighted by molar-refractivity contribution is 5.74. The molecule has 2 amide bonds. The Labute approximate surface area is 114 Å². The van der Waals surface area contributed by atoms with Crippen molar-refractivity contribution in [3.63, 3.8) is 0 Å². The number of urea groups is 1. The molecule has 1 radical (unpaired) electrons. The van der Waals surface area contributed by atoms with Crippen molar-refractivity contribution in [1.82, 2.24) is 10.2 Å². The van der Waals surface area contributed by atoms with Gasteiger partial charge in [0.05, 0.1) is 0 Å². The number of hydrogen-bond acceptors (Lipinski definition) is 1. The van der Waals surface area contributed by atoms with Crippen molar-refractivity contribution in [2.24, 2.45) is 0 Å². The molecular weight excluding hydrogens is 243 g/mol. The number of nitrogens with zero attached hydrogens (tertiary/aromatic N) is 1. The van der Waals surface area contributed by atoms with Crippen LogP contribution in [0.4, 0.5) is 9.18 Å². The van der Waals surface area contributed by atoms with Crippen LogP contribution < -0.4 is 5.32 Å². The molecular formula is C15H22FN2O. The van der Waals surface area contributed by atoms with Gasteiger partial charge in [0.2, 0.25) is 0 Å². The summed E-state index contributed by atoms with van der Waals surface area (Å²) in [7, 11) is 0. The Hall–Kier alpha value is -1.58. The van der Waals surface area contributed by atoms with E-state index in [0.717, 1.165) is 18.4 Å². The molecule has 0 aromatic heterocycles. The zero-order chi connectivity index (χ0) is 14.1. The van der Waals surface area contributed by atoms with Crippen LogP contribution in [-0.2, 0) is 6.42 Å². The van der Waals surface area contributed by atoms with Crippen molar-refractivity contribution in [1.29, 1.82) is 0 Å². The van der Waals surface area contributed by atoms with Crippen LogP contribution in [0, 0.1) is 12.7 Å². The van der Waals surface area contributed by atoms with Crippen LogP contribution >= 0.6 is 0 Å². The second-order valence-electron chi connectivity index (χ2n) is 4.45. The summed E-state index contributed by atoms with van der Waals surface area (Å²) >= 11 is 0. The van der Waals surface area contributed by atoms with Crippen LogP contribution in [0.5, 0.6) is 0 Å². The maximum Gasteiger partial charge on any atom is 0.317 e. The first kappa shape index (κ1) is 15.5. The minimum Gasteiger partial charge on any atom is -0.338 e. The summed E-state index contributed by atoms with van der Waals surface area (Å²) in [5, 5.41) is 2.87. The van der Waals surface area contributed by atoms with E-state index in [1.807, 2.05) is 0 Å². The van der Waals surface area contributed by atoms with Gasteiger partial charge in [0.1, 0.15) is 5.82 Å². The number of amides is 2. The van der Waals surface area contributed by atoms with E-state index < -0.39 is 0 Å². The highest BCUT2D eigenvalue weighted by Crippen LogP contribution is 2.04. The third-order valence-electron chi connectivity index (χ3n) is 2.95. The quantitative estimate of drug-likeness (QED) is 0.755. The summed E-state index contributed by atoms with van der Waals surface area (Å²) in [5.74, 6) is -0.241. The van der Waals surface area contributed by atoms with Crippen LogP contribution in [0.1, 0.15) is 25.3 Å². The van der Waals surface area contributed by atoms with E-state index in [2.05, 4.69) is 19.2 Å². The maximum atomic E-state index is 12.8. The van der Waals surface area contributed by atoms with E-state index in [-0.39, 0.29) is 11.8 Å². The van der Waals surface area contributed by atoms with Crippen molar-refractivity contribution in [2.75, 3.05) is 19.6 Å². The third kappa shape index (κ3) is 5.73. The standard InChI is InChI=1S/C15H22FN2O/c1-3-5-11-17-15(19)18(4-2)12-10-13-6-8-14(16)9-7-13/h6-9H,2-5,10-12H2,1H3,(H,17,19). The van der Waals surface area contributed by atoms with Crippen LogP contribution in [0.25, 0.3) is 0 Å². The number of benzene rings is 1. The lowest BCUT2D eigenvalue weighted by atomic mass is 10.1. The molecule has 105 valence electrons. The summed E-state index contributed by atoms with van der Waals surface area (Å²) in [6, 6.07) is 6.28. The van der Waals surface area contributed by atoms with Crippen LogP contribution in [0.3, 0.4) is 0 Å². The summed E-state index contributed by atoms with van der Waals surface area (Å²) in [4.78, 5) is 13.5. The molecule has 0 atom stereocenters. The van der Waals surface area contributed by atoms with Gasteiger partial charge >= 0.3 is 6.03 Å². The molecule has 0 unspecified atom stereocenters. The Morgan fingerprint density at radius 2 is 2.05 bits per heavy atom. The molecule has 0 aliphatic rings. The third-order valence-corrected chi connectivity index (χ3v) is 2.95. The summed E-state index contributed by atoms with van der Waals surface area (Å²) in [6.07, 6.45) is 2.74. The van der Waals surface area contributed by atoms with Crippen LogP contribution in [0.2, 0.25) is 0 Å². The molecule has 1 rings (SSSR count). The van der Waals surface area contributed by atoms with Gasteiger partial charge in [-0.2, -0.15) is 0 Å². The lowest BCUT2D eigenvalue weighted by Gasteiger charge is -2.21. The summed E-state index contributed by atoms with van der Waals surface area (Å²) in [6.45, 7) is 7.57. The molecule has 3 nitrogen and oxygen atoms in total. The highest BCUT2D eigenvalue weighted by Gasteiger charge is 2.10. The second kappa shape index (κ2) is 8.51. The zero-order valence-electron chi connectivity index (χ0n) is 11.5. The molecule has 0 saturated heterocycles. The maximum absolute atomic E-state index is 12.8. The molecule has 0 aliphatic heterocycles. The molecule has 1 N–H and O–H groups in total. The molecule has 19 heavy (non-hydrogen) atoms. The number of hydrogen-bond donors (Lipinski definition) is 1. The number of carbonyl (C=O) groups excluding carboxylic acids is 1. The van der Waals surface area contributed by atoms with E-state index >= 15 is 0 Å². The van der Waals surface area contributed by atoms with Gasteiger partial charge in [-0.3, -0.25) is 0 Å². The first-order chi connectivity index (χ1) is 9.17. The predicted molar refractivity (Wildman–Crippen MR) is 75.3 cm³/mol. The van der Waals surface area contributed by atoms with Crippen molar-refractivity contribution in [2.45, 2.75) is 26.2 Å². The molecule has 0 aliphatic carbocycles. The summed E-state index contributed by atoms with van der Waals surface area (Å²) < 4.78 is 12.8. The van der Waals surface area contributed by atoms with Gasteiger partial charge in [-0.1, -0.05) is 25.5 Å². The average molecular weight is 265 g/mol. The van der Waals surface area contributed by atoms with Crippen molar-refractivity contribution < 1.29 is 9.18 Å². The number of nitrogens with one attached hydrogen (secondary N) is 1. The Morgan fingerprint density at radius 3 is 2.63 bits per heavy atom. The van der Waals surface area contributed by atoms with Crippen LogP contribution in [-0.4, -0.2) is 30.6 Å². The number of carbonyl (C=O) groups is 1. The molecule has 0 fully saturated rings. The smallest absolute Gasteiger partial charge is 0.317 e. The van der Waals surface area contributed by atoms with E-state index in [1.165, 1.54) is 12.1 Å². The van der Waals surface area contributed by atoms with Crippen molar-refractivity contribution >= 4 is 6.03 Å². The van der Waals surface area contributed by atoms with Crippen LogP contribution in [0.15, 0.2) is 24.3 Å². The predicted octanol–water partition coefficient (Wildman–Crippen LogP) is 3.01. The molecule has 0 spiro atoms. The number of rotatable bonds is 7. The molecule has 1 aromatic carbocycles. The molecule has 0 heterocycles. The fourth-order valence-corrected chi connectivity index (χ4v) is 1.71. The first-order valence-corrected chi connectivity index (χ1v) is 6.73. The van der Waals surface area contributed by atoms with E-state index in [9.17, 15) is 9.18 Å².